The highest BCUT2D eigenvalue weighted by Crippen LogP contribution is 2.27. The van der Waals surface area contributed by atoms with Crippen LogP contribution in [0, 0.1) is 5.92 Å². The monoisotopic (exact) mass is 268 g/mol. The van der Waals surface area contributed by atoms with Gasteiger partial charge in [-0.2, -0.15) is 0 Å². The molecule has 1 aliphatic carbocycles. The molecule has 100 valence electrons. The summed E-state index contributed by atoms with van der Waals surface area (Å²) in [5.74, 6) is 0.791. The molecule has 1 aliphatic rings. The third kappa shape index (κ3) is 3.46. The smallest absolute Gasteiger partial charge is 0.240 e. The van der Waals surface area contributed by atoms with Crippen molar-refractivity contribution < 1.29 is 8.42 Å². The third-order valence-electron chi connectivity index (χ3n) is 3.54. The van der Waals surface area contributed by atoms with Crippen LogP contribution in [-0.4, -0.2) is 15.0 Å². The van der Waals surface area contributed by atoms with Crippen molar-refractivity contribution in [2.75, 3.05) is 11.9 Å². The lowest BCUT2D eigenvalue weighted by Gasteiger charge is -2.13. The molecule has 0 amide bonds. The molecule has 0 aromatic heterocycles. The molecule has 5 heteroatoms. The topological polar surface area (TPSA) is 72.2 Å². The van der Waals surface area contributed by atoms with Gasteiger partial charge >= 0.3 is 0 Å². The largest absolute Gasteiger partial charge is 0.384 e. The number of benzene rings is 1. The molecule has 1 fully saturated rings. The second-order valence-electron chi connectivity index (χ2n) is 4.91. The summed E-state index contributed by atoms with van der Waals surface area (Å²) in [6.07, 6.45) is 6.37. The fourth-order valence-electron chi connectivity index (χ4n) is 2.57. The Bertz CT molecular complexity index is 493. The lowest BCUT2D eigenvalue weighted by molar-refractivity contribution is 0.518. The zero-order valence-electron chi connectivity index (χ0n) is 10.4. The van der Waals surface area contributed by atoms with Crippen molar-refractivity contribution in [3.63, 3.8) is 0 Å². The minimum absolute atomic E-state index is 0.177. The Morgan fingerprint density at radius 1 is 1.22 bits per heavy atom. The van der Waals surface area contributed by atoms with E-state index in [0.717, 1.165) is 18.9 Å². The Labute approximate surface area is 109 Å². The number of nitrogens with one attached hydrogen (secondary N) is 1. The van der Waals surface area contributed by atoms with Crippen molar-refractivity contribution in [3.05, 3.63) is 24.3 Å². The van der Waals surface area contributed by atoms with E-state index in [0.29, 0.717) is 5.69 Å². The lowest BCUT2D eigenvalue weighted by Crippen LogP contribution is -2.16. The molecule has 1 saturated carbocycles. The first-order chi connectivity index (χ1) is 8.57. The highest BCUT2D eigenvalue weighted by atomic mass is 32.2. The van der Waals surface area contributed by atoms with Gasteiger partial charge in [-0.3, -0.25) is 0 Å². The maximum atomic E-state index is 11.4. The number of hydrogen-bond acceptors (Lipinski definition) is 3. The van der Waals surface area contributed by atoms with Crippen LogP contribution in [0.1, 0.15) is 32.1 Å². The van der Waals surface area contributed by atoms with Crippen LogP contribution in [0.25, 0.3) is 0 Å². The van der Waals surface area contributed by atoms with Crippen molar-refractivity contribution in [3.8, 4) is 0 Å². The quantitative estimate of drug-likeness (QED) is 0.861. The Kier molecular flexibility index (Phi) is 4.24. The molecular formula is C13H20N2O2S. The number of anilines is 1. The first kappa shape index (κ1) is 13.4. The van der Waals surface area contributed by atoms with Gasteiger partial charge in [0.25, 0.3) is 0 Å². The maximum absolute atomic E-state index is 11.4. The Balaban J connectivity index is 1.96. The van der Waals surface area contributed by atoms with Gasteiger partial charge in [0.15, 0.2) is 0 Å². The maximum Gasteiger partial charge on any atom is 0.240 e. The number of sulfonamides is 1. The molecule has 18 heavy (non-hydrogen) atoms. The first-order valence-corrected chi connectivity index (χ1v) is 7.98. The molecule has 4 nitrogen and oxygen atoms in total. The molecule has 0 saturated heterocycles. The summed E-state index contributed by atoms with van der Waals surface area (Å²) in [6, 6.07) is 6.79. The summed E-state index contributed by atoms with van der Waals surface area (Å²) in [5.41, 5.74) is 0.609. The van der Waals surface area contributed by atoms with Gasteiger partial charge in [0.1, 0.15) is 4.90 Å². The Morgan fingerprint density at radius 2 is 1.89 bits per heavy atom. The van der Waals surface area contributed by atoms with Crippen molar-refractivity contribution in [1.29, 1.82) is 0 Å². The van der Waals surface area contributed by atoms with Crippen LogP contribution in [0.3, 0.4) is 0 Å². The summed E-state index contributed by atoms with van der Waals surface area (Å²) in [5, 5.41) is 8.37. The summed E-state index contributed by atoms with van der Waals surface area (Å²) in [7, 11) is -3.65. The van der Waals surface area contributed by atoms with E-state index in [4.69, 9.17) is 5.14 Å². The van der Waals surface area contributed by atoms with E-state index >= 15 is 0 Å². The predicted octanol–water partition coefficient (Wildman–Crippen LogP) is 2.33. The average molecular weight is 268 g/mol. The molecule has 3 N–H and O–H groups in total. The molecule has 0 radical (unpaired) electrons. The van der Waals surface area contributed by atoms with E-state index in [2.05, 4.69) is 5.32 Å². The van der Waals surface area contributed by atoms with E-state index in [1.54, 1.807) is 12.1 Å². The summed E-state index contributed by atoms with van der Waals surface area (Å²) in [6.45, 7) is 0.803. The number of rotatable bonds is 5. The molecule has 2 rings (SSSR count). The van der Waals surface area contributed by atoms with Crippen LogP contribution in [0.2, 0.25) is 0 Å². The first-order valence-electron chi connectivity index (χ1n) is 6.43. The number of primary sulfonamides is 1. The van der Waals surface area contributed by atoms with E-state index < -0.39 is 10.0 Å². The van der Waals surface area contributed by atoms with Crippen LogP contribution in [-0.2, 0) is 10.0 Å². The number of hydrogen-bond donors (Lipinski definition) is 2. The van der Waals surface area contributed by atoms with Crippen molar-refractivity contribution in [1.82, 2.24) is 0 Å². The van der Waals surface area contributed by atoms with E-state index in [9.17, 15) is 8.42 Å². The molecule has 0 bridgehead atoms. The molecule has 0 heterocycles. The van der Waals surface area contributed by atoms with Gasteiger partial charge in [-0.1, -0.05) is 37.8 Å². The van der Waals surface area contributed by atoms with Crippen LogP contribution in [0.5, 0.6) is 0 Å². The summed E-state index contributed by atoms with van der Waals surface area (Å²) >= 11 is 0. The second-order valence-corrected chi connectivity index (χ2v) is 6.44. The molecule has 1 aromatic carbocycles. The van der Waals surface area contributed by atoms with Crippen molar-refractivity contribution in [2.45, 2.75) is 37.0 Å². The molecule has 1 aromatic rings. The highest BCUT2D eigenvalue weighted by Gasteiger charge is 2.16. The standard InChI is InChI=1S/C13H20N2O2S/c14-18(16,17)13-8-4-3-7-12(13)15-10-9-11-5-1-2-6-11/h3-4,7-8,11,15H,1-2,5-6,9-10H2,(H2,14,16,17). The lowest BCUT2D eigenvalue weighted by atomic mass is 10.0. The SMILES string of the molecule is NS(=O)(=O)c1ccccc1NCCC1CCCC1. The Hall–Kier alpha value is -1.07. The zero-order chi connectivity index (χ0) is 13.0. The fraction of sp³-hybridized carbons (Fsp3) is 0.538. The molecule has 0 unspecified atom stereocenters. The van der Waals surface area contributed by atoms with Gasteiger partial charge in [0.2, 0.25) is 10.0 Å². The van der Waals surface area contributed by atoms with Gasteiger partial charge in [-0.15, -0.1) is 0 Å². The van der Waals surface area contributed by atoms with Gasteiger partial charge in [0, 0.05) is 6.54 Å². The van der Waals surface area contributed by atoms with E-state index in [1.807, 2.05) is 6.07 Å². The van der Waals surface area contributed by atoms with Gasteiger partial charge in [-0.05, 0) is 24.5 Å². The minimum atomic E-state index is -3.65. The molecular weight excluding hydrogens is 248 g/mol. The highest BCUT2D eigenvalue weighted by molar-refractivity contribution is 7.89. The number of nitrogens with two attached hydrogens (primary N) is 1. The molecule has 0 spiro atoms. The third-order valence-corrected chi connectivity index (χ3v) is 4.51. The average Bonchev–Trinajstić information content (AvgIpc) is 2.81. The fourth-order valence-corrected chi connectivity index (χ4v) is 3.29. The van der Waals surface area contributed by atoms with Gasteiger partial charge in [-0.25, -0.2) is 13.6 Å². The van der Waals surface area contributed by atoms with Gasteiger partial charge in [0.05, 0.1) is 5.69 Å². The van der Waals surface area contributed by atoms with Crippen molar-refractivity contribution >= 4 is 15.7 Å². The predicted molar refractivity (Wildman–Crippen MR) is 72.9 cm³/mol. The van der Waals surface area contributed by atoms with Crippen molar-refractivity contribution in [2.24, 2.45) is 11.1 Å². The van der Waals surface area contributed by atoms with Gasteiger partial charge < -0.3 is 5.32 Å². The number of para-hydroxylation sites is 1. The zero-order valence-corrected chi connectivity index (χ0v) is 11.2. The van der Waals surface area contributed by atoms with Crippen LogP contribution < -0.4 is 10.5 Å². The van der Waals surface area contributed by atoms with E-state index in [-0.39, 0.29) is 4.90 Å². The normalized spacial score (nSPS) is 16.9. The summed E-state index contributed by atoms with van der Waals surface area (Å²) < 4.78 is 22.8. The molecule has 0 atom stereocenters. The molecule has 0 aliphatic heterocycles. The van der Waals surface area contributed by atoms with E-state index in [1.165, 1.54) is 31.7 Å². The van der Waals surface area contributed by atoms with Crippen LogP contribution >= 0.6 is 0 Å². The Morgan fingerprint density at radius 3 is 2.56 bits per heavy atom. The van der Waals surface area contributed by atoms with Crippen LogP contribution in [0.4, 0.5) is 5.69 Å². The minimum Gasteiger partial charge on any atom is -0.384 e. The summed E-state index contributed by atoms with van der Waals surface area (Å²) in [4.78, 5) is 0.177. The van der Waals surface area contributed by atoms with Crippen LogP contribution in [0.15, 0.2) is 29.2 Å². The second kappa shape index (κ2) is 5.71.